The summed E-state index contributed by atoms with van der Waals surface area (Å²) in [6.45, 7) is 3.87. The van der Waals surface area contributed by atoms with Gasteiger partial charge in [0.15, 0.2) is 5.11 Å². The van der Waals surface area contributed by atoms with E-state index in [1.807, 2.05) is 38.1 Å². The summed E-state index contributed by atoms with van der Waals surface area (Å²) in [5, 5.41) is 6.51. The Labute approximate surface area is 112 Å². The Morgan fingerprint density at radius 1 is 1.44 bits per heavy atom. The highest BCUT2D eigenvalue weighted by molar-refractivity contribution is 7.80. The van der Waals surface area contributed by atoms with Gasteiger partial charge in [0, 0.05) is 12.1 Å². The van der Waals surface area contributed by atoms with Gasteiger partial charge >= 0.3 is 5.97 Å². The molecule has 1 aliphatic heterocycles. The standard InChI is InChI=1S/C13H16N2O2S/c1-8-5-3-4-6-10(8)14-13(18)15-11-7-9(2)17-12(11)16/h3-6,9,11H,7H2,1-2H3,(H2,14,15,18)/t9-,11-/m0/s1. The lowest BCUT2D eigenvalue weighted by Crippen LogP contribution is -2.40. The summed E-state index contributed by atoms with van der Waals surface area (Å²) in [5.74, 6) is -0.239. The molecule has 18 heavy (non-hydrogen) atoms. The fraction of sp³-hybridized carbons (Fsp3) is 0.385. The van der Waals surface area contributed by atoms with Gasteiger partial charge in [-0.05, 0) is 37.7 Å². The number of cyclic esters (lactones) is 1. The van der Waals surface area contributed by atoms with Crippen LogP contribution >= 0.6 is 12.2 Å². The Kier molecular flexibility index (Phi) is 3.81. The molecule has 2 rings (SSSR count). The smallest absolute Gasteiger partial charge is 0.329 e. The number of esters is 1. The van der Waals surface area contributed by atoms with Gasteiger partial charge in [-0.15, -0.1) is 0 Å². The fourth-order valence-corrected chi connectivity index (χ4v) is 2.16. The molecular formula is C13H16N2O2S. The lowest BCUT2D eigenvalue weighted by molar-refractivity contribution is -0.142. The number of para-hydroxylation sites is 1. The lowest BCUT2D eigenvalue weighted by Gasteiger charge is -2.14. The van der Waals surface area contributed by atoms with Crippen molar-refractivity contribution in [2.24, 2.45) is 0 Å². The van der Waals surface area contributed by atoms with E-state index in [1.165, 1.54) is 0 Å². The average Bonchev–Trinajstić information content (AvgIpc) is 2.61. The third-order valence-corrected chi connectivity index (χ3v) is 3.09. The first-order valence-corrected chi connectivity index (χ1v) is 6.30. The second-order valence-corrected chi connectivity index (χ2v) is 4.86. The van der Waals surface area contributed by atoms with Crippen LogP contribution < -0.4 is 10.6 Å². The summed E-state index contributed by atoms with van der Waals surface area (Å²) in [5.41, 5.74) is 2.04. The first-order chi connectivity index (χ1) is 8.56. The zero-order valence-corrected chi connectivity index (χ0v) is 11.2. The molecule has 0 aromatic heterocycles. The Bertz CT molecular complexity index is 476. The number of nitrogens with one attached hydrogen (secondary N) is 2. The van der Waals surface area contributed by atoms with Gasteiger partial charge in [-0.25, -0.2) is 4.79 Å². The maximum Gasteiger partial charge on any atom is 0.329 e. The number of hydrogen-bond donors (Lipinski definition) is 2. The molecule has 96 valence electrons. The molecule has 0 amide bonds. The van der Waals surface area contributed by atoms with Gasteiger partial charge in [0.05, 0.1) is 0 Å². The highest BCUT2D eigenvalue weighted by atomic mass is 32.1. The zero-order chi connectivity index (χ0) is 13.1. The largest absolute Gasteiger partial charge is 0.461 e. The molecule has 0 radical (unpaired) electrons. The normalized spacial score (nSPS) is 22.4. The molecule has 1 saturated heterocycles. The highest BCUT2D eigenvalue weighted by Gasteiger charge is 2.32. The molecule has 1 aliphatic rings. The second-order valence-electron chi connectivity index (χ2n) is 4.45. The van der Waals surface area contributed by atoms with E-state index in [-0.39, 0.29) is 18.1 Å². The summed E-state index contributed by atoms with van der Waals surface area (Å²) in [6, 6.07) is 7.50. The van der Waals surface area contributed by atoms with Crippen LogP contribution in [0.1, 0.15) is 18.9 Å². The molecule has 0 spiro atoms. The first-order valence-electron chi connectivity index (χ1n) is 5.90. The molecule has 0 saturated carbocycles. The molecule has 1 fully saturated rings. The Morgan fingerprint density at radius 2 is 2.17 bits per heavy atom. The van der Waals surface area contributed by atoms with Crippen LogP contribution in [0.4, 0.5) is 5.69 Å². The first kappa shape index (κ1) is 12.8. The molecule has 1 aromatic rings. The topological polar surface area (TPSA) is 50.4 Å². The van der Waals surface area contributed by atoms with Crippen LogP contribution in [0.5, 0.6) is 0 Å². The minimum atomic E-state index is -0.344. The molecule has 0 unspecified atom stereocenters. The number of hydrogen-bond acceptors (Lipinski definition) is 3. The van der Waals surface area contributed by atoms with Crippen molar-refractivity contribution in [1.29, 1.82) is 0 Å². The van der Waals surface area contributed by atoms with E-state index < -0.39 is 0 Å². The van der Waals surface area contributed by atoms with Crippen molar-refractivity contribution < 1.29 is 9.53 Å². The average molecular weight is 264 g/mol. The van der Waals surface area contributed by atoms with E-state index in [0.29, 0.717) is 11.5 Å². The summed E-state index contributed by atoms with van der Waals surface area (Å²) in [4.78, 5) is 11.5. The van der Waals surface area contributed by atoms with E-state index in [2.05, 4.69) is 10.6 Å². The molecule has 2 atom stereocenters. The summed E-state index contributed by atoms with van der Waals surface area (Å²) >= 11 is 5.19. The van der Waals surface area contributed by atoms with Crippen molar-refractivity contribution in [3.63, 3.8) is 0 Å². The van der Waals surface area contributed by atoms with Gasteiger partial charge in [-0.3, -0.25) is 0 Å². The maximum atomic E-state index is 11.5. The molecule has 1 heterocycles. The van der Waals surface area contributed by atoms with Crippen LogP contribution in [-0.2, 0) is 9.53 Å². The molecule has 4 nitrogen and oxygen atoms in total. The Balaban J connectivity index is 1.94. The third-order valence-electron chi connectivity index (χ3n) is 2.87. The monoisotopic (exact) mass is 264 g/mol. The van der Waals surface area contributed by atoms with Gasteiger partial charge < -0.3 is 15.4 Å². The predicted octanol–water partition coefficient (Wildman–Crippen LogP) is 1.99. The van der Waals surface area contributed by atoms with Gasteiger partial charge in [0.25, 0.3) is 0 Å². The second kappa shape index (κ2) is 5.35. The van der Waals surface area contributed by atoms with Crippen LogP contribution in [0.15, 0.2) is 24.3 Å². The summed E-state index contributed by atoms with van der Waals surface area (Å²) in [7, 11) is 0. The molecule has 0 aliphatic carbocycles. The summed E-state index contributed by atoms with van der Waals surface area (Å²) in [6.07, 6.45) is 0.602. The minimum absolute atomic E-state index is 0.0451. The van der Waals surface area contributed by atoms with Gasteiger partial charge in [-0.1, -0.05) is 18.2 Å². The Hall–Kier alpha value is -1.62. The maximum absolute atomic E-state index is 11.5. The number of rotatable bonds is 2. The number of ether oxygens (including phenoxy) is 1. The van der Waals surface area contributed by atoms with E-state index in [9.17, 15) is 4.79 Å². The van der Waals surface area contributed by atoms with Crippen molar-refractivity contribution in [2.45, 2.75) is 32.4 Å². The summed E-state index contributed by atoms with van der Waals surface area (Å²) < 4.78 is 5.06. The molecule has 0 bridgehead atoms. The highest BCUT2D eigenvalue weighted by Crippen LogP contribution is 2.16. The SMILES string of the molecule is Cc1ccccc1NC(=S)N[C@H]1C[C@H](C)OC1=O. The van der Waals surface area contributed by atoms with Crippen LogP contribution in [0.3, 0.4) is 0 Å². The quantitative estimate of drug-likeness (QED) is 0.632. The number of aryl methyl sites for hydroxylation is 1. The molecule has 5 heteroatoms. The van der Waals surface area contributed by atoms with Crippen molar-refractivity contribution >= 4 is 29.0 Å². The molecule has 2 N–H and O–H groups in total. The molecule has 1 aromatic carbocycles. The van der Waals surface area contributed by atoms with Crippen LogP contribution in [-0.4, -0.2) is 23.2 Å². The van der Waals surface area contributed by atoms with Crippen molar-refractivity contribution in [3.8, 4) is 0 Å². The Morgan fingerprint density at radius 3 is 2.78 bits per heavy atom. The molecular weight excluding hydrogens is 248 g/mol. The predicted molar refractivity (Wildman–Crippen MR) is 74.5 cm³/mol. The van der Waals surface area contributed by atoms with E-state index in [0.717, 1.165) is 11.3 Å². The van der Waals surface area contributed by atoms with Crippen LogP contribution in [0.2, 0.25) is 0 Å². The number of carbonyl (C=O) groups is 1. The van der Waals surface area contributed by atoms with Gasteiger partial charge in [0.2, 0.25) is 0 Å². The number of benzene rings is 1. The minimum Gasteiger partial charge on any atom is -0.461 e. The van der Waals surface area contributed by atoms with Gasteiger partial charge in [-0.2, -0.15) is 0 Å². The van der Waals surface area contributed by atoms with Crippen LogP contribution in [0.25, 0.3) is 0 Å². The van der Waals surface area contributed by atoms with E-state index >= 15 is 0 Å². The number of carbonyl (C=O) groups excluding carboxylic acids is 1. The van der Waals surface area contributed by atoms with E-state index in [1.54, 1.807) is 0 Å². The van der Waals surface area contributed by atoms with Crippen molar-refractivity contribution in [1.82, 2.24) is 5.32 Å². The third kappa shape index (κ3) is 2.98. The zero-order valence-electron chi connectivity index (χ0n) is 10.4. The van der Waals surface area contributed by atoms with Crippen molar-refractivity contribution in [3.05, 3.63) is 29.8 Å². The van der Waals surface area contributed by atoms with Crippen molar-refractivity contribution in [2.75, 3.05) is 5.32 Å². The van der Waals surface area contributed by atoms with E-state index in [4.69, 9.17) is 17.0 Å². The lowest BCUT2D eigenvalue weighted by atomic mass is 10.2. The number of anilines is 1. The number of thiocarbonyl (C=S) groups is 1. The van der Waals surface area contributed by atoms with Crippen LogP contribution in [0, 0.1) is 6.92 Å². The van der Waals surface area contributed by atoms with Gasteiger partial charge in [0.1, 0.15) is 12.1 Å². The fourth-order valence-electron chi connectivity index (χ4n) is 1.90.